The molecular formula is C18H29N4O3PS. The summed E-state index contributed by atoms with van der Waals surface area (Å²) in [6, 6.07) is 1.71. The van der Waals surface area contributed by atoms with Gasteiger partial charge in [-0.1, -0.05) is 18.7 Å². The van der Waals surface area contributed by atoms with Crippen molar-refractivity contribution < 1.29 is 14.9 Å². The average molecular weight is 412 g/mol. The summed E-state index contributed by atoms with van der Waals surface area (Å²) >= 11 is 1.57. The summed E-state index contributed by atoms with van der Waals surface area (Å²) in [4.78, 5) is 9.04. The van der Waals surface area contributed by atoms with Crippen LogP contribution in [0.3, 0.4) is 0 Å². The van der Waals surface area contributed by atoms with Crippen molar-refractivity contribution in [1.82, 2.24) is 14.5 Å². The summed E-state index contributed by atoms with van der Waals surface area (Å²) in [7, 11) is 0. The molecule has 1 aliphatic heterocycles. The number of hydrogen-bond acceptors (Lipinski definition) is 7. The number of ether oxygens (including phenoxy) is 1. The van der Waals surface area contributed by atoms with Crippen LogP contribution in [0.5, 0.6) is 0 Å². The van der Waals surface area contributed by atoms with E-state index in [2.05, 4.69) is 36.5 Å². The second kappa shape index (κ2) is 8.13. The first-order valence-electron chi connectivity index (χ1n) is 9.17. The van der Waals surface area contributed by atoms with Gasteiger partial charge in [-0.05, 0) is 38.4 Å². The van der Waals surface area contributed by atoms with Crippen LogP contribution in [0.15, 0.2) is 17.4 Å². The summed E-state index contributed by atoms with van der Waals surface area (Å²) in [5.41, 5.74) is 7.76. The third-order valence-corrected chi connectivity index (χ3v) is 7.25. The molecule has 1 saturated heterocycles. The fourth-order valence-corrected chi connectivity index (χ4v) is 5.00. The van der Waals surface area contributed by atoms with Gasteiger partial charge >= 0.3 is 0 Å². The van der Waals surface area contributed by atoms with Gasteiger partial charge in [-0.2, -0.15) is 0 Å². The number of nitrogens with zero attached hydrogens (tertiary/aromatic N) is 3. The molecule has 0 amide bonds. The Hall–Kier alpha value is -1.05. The van der Waals surface area contributed by atoms with Gasteiger partial charge in [0.15, 0.2) is 17.0 Å². The third-order valence-electron chi connectivity index (χ3n) is 4.62. The highest BCUT2D eigenvalue weighted by molar-refractivity contribution is 7.99. The zero-order valence-electron chi connectivity index (χ0n) is 16.1. The Balaban J connectivity index is 1.95. The van der Waals surface area contributed by atoms with Crippen molar-refractivity contribution in [3.8, 4) is 0 Å². The van der Waals surface area contributed by atoms with Gasteiger partial charge in [-0.3, -0.25) is 4.57 Å². The molecule has 0 saturated carbocycles. The van der Waals surface area contributed by atoms with Crippen molar-refractivity contribution in [2.45, 2.75) is 49.5 Å². The number of hydrogen-bond donors (Lipinski definition) is 3. The van der Waals surface area contributed by atoms with Gasteiger partial charge in [-0.15, -0.1) is 13.2 Å². The molecule has 0 aromatic carbocycles. The molecule has 150 valence electrons. The SMILES string of the molecule is C=P(C)(C)CCC1OC(n2c(SCCC)nc3c(N)ccnc32)[C@H](O)[C@@H]1O. The number of nitrogen functional groups attached to an aromatic ring is 1. The monoisotopic (exact) mass is 412 g/mol. The minimum Gasteiger partial charge on any atom is -0.397 e. The second-order valence-corrected chi connectivity index (χ2v) is 13.1. The van der Waals surface area contributed by atoms with Crippen molar-refractivity contribution >= 4 is 41.8 Å². The van der Waals surface area contributed by atoms with Gasteiger partial charge in [0.1, 0.15) is 17.7 Å². The third kappa shape index (κ3) is 4.35. The zero-order chi connectivity index (χ0) is 19.8. The number of nitrogens with two attached hydrogens (primary N) is 1. The molecule has 0 bridgehead atoms. The highest BCUT2D eigenvalue weighted by Gasteiger charge is 2.45. The van der Waals surface area contributed by atoms with E-state index in [4.69, 9.17) is 10.5 Å². The molecule has 2 aromatic rings. The Morgan fingerprint density at radius 2 is 2.11 bits per heavy atom. The summed E-state index contributed by atoms with van der Waals surface area (Å²) in [5, 5.41) is 22.0. The first-order valence-corrected chi connectivity index (χ1v) is 13.2. The summed E-state index contributed by atoms with van der Waals surface area (Å²) < 4.78 is 7.90. The summed E-state index contributed by atoms with van der Waals surface area (Å²) in [5.74, 6) is 0.873. The normalized spacial score (nSPS) is 26.1. The van der Waals surface area contributed by atoms with E-state index in [1.165, 1.54) is 0 Å². The largest absolute Gasteiger partial charge is 0.397 e. The molecule has 1 aliphatic rings. The van der Waals surface area contributed by atoms with Crippen LogP contribution in [0, 0.1) is 0 Å². The predicted molar refractivity (Wildman–Crippen MR) is 114 cm³/mol. The lowest BCUT2D eigenvalue weighted by Crippen LogP contribution is -2.32. The molecule has 7 nitrogen and oxygen atoms in total. The van der Waals surface area contributed by atoms with Crippen LogP contribution in [-0.4, -0.2) is 74.6 Å². The Labute approximate surface area is 164 Å². The van der Waals surface area contributed by atoms with Crippen molar-refractivity contribution in [3.05, 3.63) is 12.3 Å². The predicted octanol–water partition coefficient (Wildman–Crippen LogP) is 2.23. The molecular weight excluding hydrogens is 383 g/mol. The van der Waals surface area contributed by atoms with Crippen LogP contribution in [-0.2, 0) is 4.74 Å². The van der Waals surface area contributed by atoms with Gasteiger partial charge in [-0.25, -0.2) is 9.97 Å². The number of pyridine rings is 1. The number of aromatic nitrogens is 3. The Morgan fingerprint density at radius 3 is 2.78 bits per heavy atom. The Bertz CT molecular complexity index is 852. The standard InChI is InChI=1S/C18H29N4O3PS/c1-5-10-27-18-21-13-11(19)6-8-20-16(13)22(18)17-15(24)14(23)12(25-17)7-9-26(2,3)4/h6,8,12,14-15,17,23-24H,2,5,7,9-10H2,1,3-4H3,(H2,19,20)/t12?,14-,15-,17?/m1/s1. The van der Waals surface area contributed by atoms with E-state index >= 15 is 0 Å². The second-order valence-electron chi connectivity index (χ2n) is 7.68. The van der Waals surface area contributed by atoms with Crippen LogP contribution in [0.4, 0.5) is 5.69 Å². The Kier molecular flexibility index (Phi) is 6.23. The van der Waals surface area contributed by atoms with E-state index < -0.39 is 31.4 Å². The summed E-state index contributed by atoms with van der Waals surface area (Å²) in [6.07, 6.45) is 5.19. The van der Waals surface area contributed by atoms with Crippen LogP contribution in [0.25, 0.3) is 11.2 Å². The number of rotatable bonds is 7. The first-order chi connectivity index (χ1) is 12.7. The summed E-state index contributed by atoms with van der Waals surface area (Å²) in [6.45, 7) is 5.16. The minimum absolute atomic E-state index is 0.437. The molecule has 2 aromatic heterocycles. The lowest BCUT2D eigenvalue weighted by molar-refractivity contribution is -0.0400. The van der Waals surface area contributed by atoms with Gasteiger partial charge < -0.3 is 20.7 Å². The minimum atomic E-state index is -1.24. The molecule has 3 heterocycles. The lowest BCUT2D eigenvalue weighted by Gasteiger charge is -2.19. The highest BCUT2D eigenvalue weighted by Crippen LogP contribution is 2.41. The van der Waals surface area contributed by atoms with Crippen molar-refractivity contribution in [2.24, 2.45) is 0 Å². The molecule has 3 rings (SSSR count). The van der Waals surface area contributed by atoms with E-state index in [-0.39, 0.29) is 0 Å². The molecule has 27 heavy (non-hydrogen) atoms. The van der Waals surface area contributed by atoms with E-state index in [1.54, 1.807) is 28.6 Å². The molecule has 0 spiro atoms. The van der Waals surface area contributed by atoms with Crippen molar-refractivity contribution in [2.75, 3.05) is 31.0 Å². The van der Waals surface area contributed by atoms with Gasteiger partial charge in [0.05, 0.1) is 11.8 Å². The number of aliphatic hydroxyl groups is 2. The van der Waals surface area contributed by atoms with Crippen LogP contribution >= 0.6 is 18.6 Å². The number of fused-ring (bicyclic) bond motifs is 1. The van der Waals surface area contributed by atoms with Crippen molar-refractivity contribution in [1.29, 1.82) is 0 Å². The first kappa shape index (κ1) is 20.7. The molecule has 9 heteroatoms. The molecule has 2 unspecified atom stereocenters. The zero-order valence-corrected chi connectivity index (χ0v) is 17.8. The number of aliphatic hydroxyl groups excluding tert-OH is 2. The molecule has 4 atom stereocenters. The van der Waals surface area contributed by atoms with Gasteiger partial charge in [0.2, 0.25) is 0 Å². The van der Waals surface area contributed by atoms with E-state index in [0.717, 1.165) is 18.3 Å². The smallest absolute Gasteiger partial charge is 0.172 e. The fraction of sp³-hybridized carbons (Fsp3) is 0.611. The quantitative estimate of drug-likeness (QED) is 0.473. The fourth-order valence-electron chi connectivity index (χ4n) is 3.17. The molecule has 4 N–H and O–H groups in total. The topological polar surface area (TPSA) is 106 Å². The molecule has 0 radical (unpaired) electrons. The van der Waals surface area contributed by atoms with Crippen molar-refractivity contribution in [3.63, 3.8) is 0 Å². The van der Waals surface area contributed by atoms with Crippen LogP contribution in [0.2, 0.25) is 0 Å². The van der Waals surface area contributed by atoms with Gasteiger partial charge in [0.25, 0.3) is 0 Å². The van der Waals surface area contributed by atoms with Crippen LogP contribution in [0.1, 0.15) is 26.0 Å². The lowest BCUT2D eigenvalue weighted by atomic mass is 10.1. The maximum absolute atomic E-state index is 10.7. The number of anilines is 1. The number of thioether (sulfide) groups is 1. The molecule has 1 fully saturated rings. The van der Waals surface area contributed by atoms with Gasteiger partial charge in [0, 0.05) is 11.9 Å². The van der Waals surface area contributed by atoms with E-state index in [1.807, 2.05) is 0 Å². The Morgan fingerprint density at radius 1 is 1.37 bits per heavy atom. The average Bonchev–Trinajstić information content (AvgIpc) is 3.10. The maximum Gasteiger partial charge on any atom is 0.172 e. The highest BCUT2D eigenvalue weighted by atomic mass is 32.2. The van der Waals surface area contributed by atoms with E-state index in [0.29, 0.717) is 28.4 Å². The molecule has 0 aliphatic carbocycles. The van der Waals surface area contributed by atoms with E-state index in [9.17, 15) is 10.2 Å². The maximum atomic E-state index is 10.7. The van der Waals surface area contributed by atoms with Crippen LogP contribution < -0.4 is 5.73 Å². The number of imidazole rings is 1.